The van der Waals surface area contributed by atoms with Gasteiger partial charge in [-0.15, -0.1) is 0 Å². The highest BCUT2D eigenvalue weighted by Crippen LogP contribution is 2.17. The molecule has 0 bridgehead atoms. The van der Waals surface area contributed by atoms with E-state index in [1.165, 1.54) is 19.3 Å². The monoisotopic (exact) mass is 208 g/mol. The van der Waals surface area contributed by atoms with Crippen molar-refractivity contribution in [2.75, 3.05) is 13.1 Å². The number of aromatic amines is 1. The highest BCUT2D eigenvalue weighted by molar-refractivity contribution is 5.92. The summed E-state index contributed by atoms with van der Waals surface area (Å²) in [4.78, 5) is 11.4. The molecule has 1 saturated carbocycles. The summed E-state index contributed by atoms with van der Waals surface area (Å²) in [6.07, 6.45) is 5.45. The lowest BCUT2D eigenvalue weighted by molar-refractivity contribution is 0.0948. The first-order chi connectivity index (χ1) is 7.36. The molecule has 5 nitrogen and oxygen atoms in total. The van der Waals surface area contributed by atoms with Gasteiger partial charge in [-0.1, -0.05) is 6.42 Å². The van der Waals surface area contributed by atoms with Crippen molar-refractivity contribution in [2.24, 2.45) is 0 Å². The Morgan fingerprint density at radius 3 is 3.00 bits per heavy atom. The van der Waals surface area contributed by atoms with Gasteiger partial charge in [-0.05, 0) is 18.9 Å². The Balaban J connectivity index is 1.59. The molecular weight excluding hydrogens is 192 g/mol. The van der Waals surface area contributed by atoms with E-state index in [9.17, 15) is 4.79 Å². The minimum Gasteiger partial charge on any atom is -0.349 e. The van der Waals surface area contributed by atoms with Crippen molar-refractivity contribution >= 4 is 5.91 Å². The highest BCUT2D eigenvalue weighted by Gasteiger charge is 2.15. The van der Waals surface area contributed by atoms with E-state index in [1.807, 2.05) is 0 Å². The molecule has 0 saturated heterocycles. The Bertz CT molecular complexity index is 305. The van der Waals surface area contributed by atoms with Crippen LogP contribution in [0.2, 0.25) is 0 Å². The maximum atomic E-state index is 11.4. The number of carbonyl (C=O) groups is 1. The van der Waals surface area contributed by atoms with Crippen LogP contribution in [0.4, 0.5) is 0 Å². The summed E-state index contributed by atoms with van der Waals surface area (Å²) in [5.74, 6) is -0.0945. The number of hydrogen-bond acceptors (Lipinski definition) is 3. The largest absolute Gasteiger partial charge is 0.349 e. The van der Waals surface area contributed by atoms with Crippen LogP contribution in [-0.4, -0.2) is 35.2 Å². The Morgan fingerprint density at radius 2 is 2.40 bits per heavy atom. The zero-order valence-corrected chi connectivity index (χ0v) is 8.62. The summed E-state index contributed by atoms with van der Waals surface area (Å²) in [6.45, 7) is 1.50. The number of nitrogens with zero attached hydrogens (tertiary/aromatic N) is 1. The van der Waals surface area contributed by atoms with E-state index >= 15 is 0 Å². The van der Waals surface area contributed by atoms with Crippen LogP contribution in [0, 0.1) is 0 Å². The molecule has 1 aliphatic rings. The lowest BCUT2D eigenvalue weighted by atomic mass is 9.93. The topological polar surface area (TPSA) is 69.8 Å². The number of H-pyrrole nitrogens is 1. The lowest BCUT2D eigenvalue weighted by Gasteiger charge is -2.26. The highest BCUT2D eigenvalue weighted by atomic mass is 16.1. The van der Waals surface area contributed by atoms with Crippen LogP contribution in [-0.2, 0) is 0 Å². The summed E-state index contributed by atoms with van der Waals surface area (Å²) >= 11 is 0. The third-order valence-electron chi connectivity index (χ3n) is 2.69. The predicted molar refractivity (Wildman–Crippen MR) is 56.6 cm³/mol. The van der Waals surface area contributed by atoms with Gasteiger partial charge in [0, 0.05) is 25.3 Å². The van der Waals surface area contributed by atoms with Gasteiger partial charge in [-0.25, -0.2) is 0 Å². The van der Waals surface area contributed by atoms with Gasteiger partial charge in [0.2, 0.25) is 0 Å². The van der Waals surface area contributed by atoms with E-state index in [2.05, 4.69) is 20.8 Å². The Kier molecular flexibility index (Phi) is 3.34. The van der Waals surface area contributed by atoms with Crippen molar-refractivity contribution < 1.29 is 4.79 Å². The molecule has 0 spiro atoms. The second-order valence-corrected chi connectivity index (χ2v) is 3.81. The van der Waals surface area contributed by atoms with Crippen molar-refractivity contribution in [1.82, 2.24) is 20.8 Å². The number of amides is 1. The van der Waals surface area contributed by atoms with E-state index in [4.69, 9.17) is 0 Å². The zero-order chi connectivity index (χ0) is 10.5. The molecule has 1 aromatic rings. The summed E-state index contributed by atoms with van der Waals surface area (Å²) < 4.78 is 0. The molecule has 82 valence electrons. The number of rotatable bonds is 5. The molecule has 0 unspecified atom stereocenters. The SMILES string of the molecule is O=C(NCCNC1CCC1)c1ccn[nH]1. The van der Waals surface area contributed by atoms with Crippen LogP contribution in [0.5, 0.6) is 0 Å². The average Bonchev–Trinajstić information content (AvgIpc) is 2.67. The number of hydrogen-bond donors (Lipinski definition) is 3. The molecule has 0 aromatic carbocycles. The maximum absolute atomic E-state index is 11.4. The van der Waals surface area contributed by atoms with E-state index in [-0.39, 0.29) is 5.91 Å². The molecule has 1 aromatic heterocycles. The standard InChI is InChI=1S/C10H16N4O/c15-10(9-4-5-13-14-9)12-7-6-11-8-2-1-3-8/h4-5,8,11H,1-3,6-7H2,(H,12,15)(H,13,14). The van der Waals surface area contributed by atoms with E-state index in [1.54, 1.807) is 12.3 Å². The molecule has 5 heteroatoms. The van der Waals surface area contributed by atoms with Gasteiger partial charge in [0.1, 0.15) is 5.69 Å². The van der Waals surface area contributed by atoms with Crippen molar-refractivity contribution in [2.45, 2.75) is 25.3 Å². The van der Waals surface area contributed by atoms with Gasteiger partial charge in [0.25, 0.3) is 5.91 Å². The van der Waals surface area contributed by atoms with Gasteiger partial charge < -0.3 is 10.6 Å². The quantitative estimate of drug-likeness (QED) is 0.609. The van der Waals surface area contributed by atoms with Gasteiger partial charge in [0.15, 0.2) is 0 Å². The van der Waals surface area contributed by atoms with Crippen molar-refractivity contribution in [1.29, 1.82) is 0 Å². The molecule has 1 heterocycles. The Labute approximate surface area is 88.6 Å². The van der Waals surface area contributed by atoms with Gasteiger partial charge in [0.05, 0.1) is 0 Å². The fraction of sp³-hybridized carbons (Fsp3) is 0.600. The molecule has 15 heavy (non-hydrogen) atoms. The van der Waals surface area contributed by atoms with Crippen LogP contribution in [0.3, 0.4) is 0 Å². The Hall–Kier alpha value is -1.36. The van der Waals surface area contributed by atoms with Crippen LogP contribution in [0.25, 0.3) is 0 Å². The fourth-order valence-electron chi connectivity index (χ4n) is 1.54. The molecule has 1 amide bonds. The number of carbonyl (C=O) groups excluding carboxylic acids is 1. The van der Waals surface area contributed by atoms with E-state index < -0.39 is 0 Å². The van der Waals surface area contributed by atoms with Crippen LogP contribution in [0.15, 0.2) is 12.3 Å². The van der Waals surface area contributed by atoms with Crippen LogP contribution >= 0.6 is 0 Å². The van der Waals surface area contributed by atoms with Crippen LogP contribution in [0.1, 0.15) is 29.8 Å². The summed E-state index contributed by atoms with van der Waals surface area (Å²) in [5.41, 5.74) is 0.513. The zero-order valence-electron chi connectivity index (χ0n) is 8.62. The molecule has 2 rings (SSSR count). The lowest BCUT2D eigenvalue weighted by Crippen LogP contribution is -2.40. The summed E-state index contributed by atoms with van der Waals surface area (Å²) in [6, 6.07) is 2.34. The molecule has 0 aliphatic heterocycles. The van der Waals surface area contributed by atoms with Crippen molar-refractivity contribution in [3.8, 4) is 0 Å². The summed E-state index contributed by atoms with van der Waals surface area (Å²) in [7, 11) is 0. The second-order valence-electron chi connectivity index (χ2n) is 3.81. The first-order valence-electron chi connectivity index (χ1n) is 5.37. The third-order valence-corrected chi connectivity index (χ3v) is 2.69. The van der Waals surface area contributed by atoms with E-state index in [0.29, 0.717) is 18.3 Å². The molecule has 1 aliphatic carbocycles. The summed E-state index contributed by atoms with van der Waals surface area (Å²) in [5, 5.41) is 12.5. The minimum absolute atomic E-state index is 0.0945. The van der Waals surface area contributed by atoms with Gasteiger partial charge in [-0.3, -0.25) is 9.89 Å². The first-order valence-corrected chi connectivity index (χ1v) is 5.37. The molecule has 0 atom stereocenters. The second kappa shape index (κ2) is 4.93. The van der Waals surface area contributed by atoms with Gasteiger partial charge >= 0.3 is 0 Å². The molecule has 1 fully saturated rings. The number of nitrogens with one attached hydrogen (secondary N) is 3. The molecule has 0 radical (unpaired) electrons. The van der Waals surface area contributed by atoms with Crippen LogP contribution < -0.4 is 10.6 Å². The van der Waals surface area contributed by atoms with E-state index in [0.717, 1.165) is 6.54 Å². The number of aromatic nitrogens is 2. The normalized spacial score (nSPS) is 16.0. The molecular formula is C10H16N4O. The predicted octanol–water partition coefficient (Wildman–Crippen LogP) is 0.282. The maximum Gasteiger partial charge on any atom is 0.269 e. The van der Waals surface area contributed by atoms with Crippen molar-refractivity contribution in [3.63, 3.8) is 0 Å². The average molecular weight is 208 g/mol. The third kappa shape index (κ3) is 2.79. The minimum atomic E-state index is -0.0945. The Morgan fingerprint density at radius 1 is 1.53 bits per heavy atom. The first kappa shape index (κ1) is 10.2. The van der Waals surface area contributed by atoms with Crippen molar-refractivity contribution in [3.05, 3.63) is 18.0 Å². The fourth-order valence-corrected chi connectivity index (χ4v) is 1.54. The molecule has 3 N–H and O–H groups in total. The van der Waals surface area contributed by atoms with Gasteiger partial charge in [-0.2, -0.15) is 5.10 Å². The smallest absolute Gasteiger partial charge is 0.269 e.